The number of rotatable bonds is 7. The van der Waals surface area contributed by atoms with Crippen molar-refractivity contribution in [2.75, 3.05) is 19.7 Å². The first-order chi connectivity index (χ1) is 9.93. The van der Waals surface area contributed by atoms with Crippen molar-refractivity contribution in [3.63, 3.8) is 0 Å². The van der Waals surface area contributed by atoms with Crippen LogP contribution in [0.1, 0.15) is 23.7 Å². The quantitative estimate of drug-likeness (QED) is 0.698. The van der Waals surface area contributed by atoms with E-state index in [1.807, 2.05) is 6.92 Å². The Bertz CT molecular complexity index is 509. The molecule has 1 aromatic carbocycles. The summed E-state index contributed by atoms with van der Waals surface area (Å²) >= 11 is 0. The standard InChI is InChI=1S/C14H18F2N2O3/c1-9(4-5-19)7-17-13(20)8-18-14(21)11-3-2-10(15)6-12(11)16/h2-3,6,9,19H,4-5,7-8H2,1H3,(H,17,20)(H,18,21). The molecule has 7 heteroatoms. The maximum Gasteiger partial charge on any atom is 0.254 e. The van der Waals surface area contributed by atoms with Gasteiger partial charge in [0.1, 0.15) is 11.6 Å². The lowest BCUT2D eigenvalue weighted by atomic mass is 10.1. The number of aliphatic hydroxyl groups is 1. The van der Waals surface area contributed by atoms with Crippen LogP contribution in [0, 0.1) is 17.6 Å². The lowest BCUT2D eigenvalue weighted by molar-refractivity contribution is -0.120. The first kappa shape index (κ1) is 17.0. The van der Waals surface area contributed by atoms with Crippen LogP contribution < -0.4 is 10.6 Å². The minimum absolute atomic E-state index is 0.0393. The van der Waals surface area contributed by atoms with Crippen LogP contribution in [0.25, 0.3) is 0 Å². The topological polar surface area (TPSA) is 78.4 Å². The zero-order chi connectivity index (χ0) is 15.8. The molecule has 0 saturated carbocycles. The second-order valence-corrected chi connectivity index (χ2v) is 4.73. The van der Waals surface area contributed by atoms with Crippen molar-refractivity contribution < 1.29 is 23.5 Å². The second-order valence-electron chi connectivity index (χ2n) is 4.73. The van der Waals surface area contributed by atoms with Gasteiger partial charge >= 0.3 is 0 Å². The molecule has 1 aromatic rings. The van der Waals surface area contributed by atoms with Gasteiger partial charge in [0.2, 0.25) is 5.91 Å². The molecular formula is C14H18F2N2O3. The number of hydrogen-bond donors (Lipinski definition) is 3. The van der Waals surface area contributed by atoms with Gasteiger partial charge in [0.05, 0.1) is 12.1 Å². The highest BCUT2D eigenvalue weighted by atomic mass is 19.1. The summed E-state index contributed by atoms with van der Waals surface area (Å²) < 4.78 is 26.0. The average Bonchev–Trinajstić information content (AvgIpc) is 2.43. The maximum atomic E-state index is 13.3. The molecule has 0 aliphatic rings. The van der Waals surface area contributed by atoms with Crippen molar-refractivity contribution in [2.24, 2.45) is 5.92 Å². The van der Waals surface area contributed by atoms with Gasteiger partial charge in [-0.3, -0.25) is 9.59 Å². The van der Waals surface area contributed by atoms with Crippen molar-refractivity contribution in [2.45, 2.75) is 13.3 Å². The number of carbonyl (C=O) groups is 2. The van der Waals surface area contributed by atoms with Gasteiger partial charge in [-0.2, -0.15) is 0 Å². The van der Waals surface area contributed by atoms with Crippen LogP contribution in [0.4, 0.5) is 8.78 Å². The fraction of sp³-hybridized carbons (Fsp3) is 0.429. The van der Waals surface area contributed by atoms with Crippen LogP contribution in [0.15, 0.2) is 18.2 Å². The van der Waals surface area contributed by atoms with Gasteiger partial charge in [0, 0.05) is 19.2 Å². The summed E-state index contributed by atoms with van der Waals surface area (Å²) in [6, 6.07) is 2.58. The minimum atomic E-state index is -0.982. The van der Waals surface area contributed by atoms with E-state index in [0.717, 1.165) is 12.1 Å². The van der Waals surface area contributed by atoms with E-state index in [1.54, 1.807) is 0 Å². The van der Waals surface area contributed by atoms with E-state index in [9.17, 15) is 18.4 Å². The van der Waals surface area contributed by atoms with Gasteiger partial charge in [0.25, 0.3) is 5.91 Å². The van der Waals surface area contributed by atoms with E-state index in [0.29, 0.717) is 19.0 Å². The highest BCUT2D eigenvalue weighted by Gasteiger charge is 2.13. The molecule has 5 nitrogen and oxygen atoms in total. The van der Waals surface area contributed by atoms with Crippen LogP contribution in [-0.4, -0.2) is 36.6 Å². The highest BCUT2D eigenvalue weighted by molar-refractivity contribution is 5.96. The number of aliphatic hydroxyl groups excluding tert-OH is 1. The lowest BCUT2D eigenvalue weighted by Crippen LogP contribution is -2.38. The summed E-state index contributed by atoms with van der Waals surface area (Å²) in [5.41, 5.74) is -0.321. The molecule has 0 aliphatic heterocycles. The molecule has 1 atom stereocenters. The predicted molar refractivity (Wildman–Crippen MR) is 72.6 cm³/mol. The zero-order valence-electron chi connectivity index (χ0n) is 11.7. The van der Waals surface area contributed by atoms with Crippen LogP contribution in [0.2, 0.25) is 0 Å². The van der Waals surface area contributed by atoms with Crippen molar-refractivity contribution in [1.82, 2.24) is 10.6 Å². The average molecular weight is 300 g/mol. The highest BCUT2D eigenvalue weighted by Crippen LogP contribution is 2.09. The molecule has 1 rings (SSSR count). The number of nitrogens with one attached hydrogen (secondary N) is 2. The summed E-state index contributed by atoms with van der Waals surface area (Å²) in [5.74, 6) is -2.85. The molecule has 0 aromatic heterocycles. The van der Waals surface area contributed by atoms with Gasteiger partial charge in [-0.25, -0.2) is 8.78 Å². The molecular weight excluding hydrogens is 282 g/mol. The smallest absolute Gasteiger partial charge is 0.254 e. The first-order valence-electron chi connectivity index (χ1n) is 6.54. The number of carbonyl (C=O) groups excluding carboxylic acids is 2. The van der Waals surface area contributed by atoms with Crippen molar-refractivity contribution in [1.29, 1.82) is 0 Å². The molecule has 0 aliphatic carbocycles. The van der Waals surface area contributed by atoms with E-state index in [2.05, 4.69) is 10.6 Å². The number of hydrogen-bond acceptors (Lipinski definition) is 3. The van der Waals surface area contributed by atoms with Crippen LogP contribution in [0.5, 0.6) is 0 Å². The Kier molecular flexibility index (Phi) is 6.74. The van der Waals surface area contributed by atoms with Crippen LogP contribution in [0.3, 0.4) is 0 Å². The Morgan fingerprint density at radius 2 is 2.00 bits per heavy atom. The number of halogens is 2. The van der Waals surface area contributed by atoms with E-state index in [1.165, 1.54) is 0 Å². The Morgan fingerprint density at radius 3 is 2.62 bits per heavy atom. The molecule has 0 radical (unpaired) electrons. The van der Waals surface area contributed by atoms with Gasteiger partial charge < -0.3 is 15.7 Å². The molecule has 2 amide bonds. The summed E-state index contributed by atoms with van der Waals surface area (Å²) in [7, 11) is 0. The largest absolute Gasteiger partial charge is 0.396 e. The molecule has 0 spiro atoms. The maximum absolute atomic E-state index is 13.3. The summed E-state index contributed by atoms with van der Waals surface area (Å²) in [4.78, 5) is 23.1. The van der Waals surface area contributed by atoms with E-state index < -0.39 is 23.4 Å². The molecule has 0 saturated heterocycles. The van der Waals surface area contributed by atoms with Crippen LogP contribution in [-0.2, 0) is 4.79 Å². The van der Waals surface area contributed by atoms with Gasteiger partial charge in [0.15, 0.2) is 0 Å². The number of amides is 2. The van der Waals surface area contributed by atoms with Crippen molar-refractivity contribution in [3.05, 3.63) is 35.4 Å². The Labute approximate surface area is 121 Å². The third-order valence-electron chi connectivity index (χ3n) is 2.85. The second kappa shape index (κ2) is 8.31. The van der Waals surface area contributed by atoms with E-state index in [-0.39, 0.29) is 24.6 Å². The molecule has 3 N–H and O–H groups in total. The molecule has 0 fully saturated rings. The SMILES string of the molecule is CC(CCO)CNC(=O)CNC(=O)c1ccc(F)cc1F. The van der Waals surface area contributed by atoms with Gasteiger partial charge in [-0.1, -0.05) is 6.92 Å². The fourth-order valence-corrected chi connectivity index (χ4v) is 1.60. The van der Waals surface area contributed by atoms with Gasteiger partial charge in [-0.15, -0.1) is 0 Å². The van der Waals surface area contributed by atoms with Crippen molar-refractivity contribution >= 4 is 11.8 Å². The predicted octanol–water partition coefficient (Wildman–Crippen LogP) is 0.829. The molecule has 21 heavy (non-hydrogen) atoms. The lowest BCUT2D eigenvalue weighted by Gasteiger charge is -2.11. The molecule has 0 bridgehead atoms. The van der Waals surface area contributed by atoms with E-state index >= 15 is 0 Å². The summed E-state index contributed by atoms with van der Waals surface area (Å²) in [6.07, 6.45) is 0.563. The Balaban J connectivity index is 2.40. The van der Waals surface area contributed by atoms with E-state index in [4.69, 9.17) is 5.11 Å². The third kappa shape index (κ3) is 5.86. The third-order valence-corrected chi connectivity index (χ3v) is 2.85. The number of benzene rings is 1. The zero-order valence-corrected chi connectivity index (χ0v) is 11.7. The van der Waals surface area contributed by atoms with Crippen molar-refractivity contribution in [3.8, 4) is 0 Å². The summed E-state index contributed by atoms with van der Waals surface area (Å²) in [5, 5.41) is 13.5. The Morgan fingerprint density at radius 1 is 1.29 bits per heavy atom. The normalized spacial score (nSPS) is 11.8. The summed E-state index contributed by atoms with van der Waals surface area (Å²) in [6.45, 7) is 1.97. The first-order valence-corrected chi connectivity index (χ1v) is 6.54. The molecule has 0 heterocycles. The Hall–Kier alpha value is -2.02. The monoisotopic (exact) mass is 300 g/mol. The van der Waals surface area contributed by atoms with Gasteiger partial charge in [-0.05, 0) is 24.5 Å². The van der Waals surface area contributed by atoms with Crippen LogP contribution >= 0.6 is 0 Å². The molecule has 116 valence electrons. The minimum Gasteiger partial charge on any atom is -0.396 e. The fourth-order valence-electron chi connectivity index (χ4n) is 1.60. The molecule has 1 unspecified atom stereocenters.